The van der Waals surface area contributed by atoms with Gasteiger partial charge in [0.1, 0.15) is 12.4 Å². The van der Waals surface area contributed by atoms with Crippen molar-refractivity contribution in [2.75, 3.05) is 40.3 Å². The Hall–Kier alpha value is -3.96. The third-order valence-corrected chi connectivity index (χ3v) is 6.34. The van der Waals surface area contributed by atoms with Crippen LogP contribution in [-0.4, -0.2) is 61.8 Å². The van der Waals surface area contributed by atoms with E-state index < -0.39 is 0 Å². The first-order valence-corrected chi connectivity index (χ1v) is 12.5. The third-order valence-electron chi connectivity index (χ3n) is 6.34. The predicted octanol–water partition coefficient (Wildman–Crippen LogP) is 5.44. The van der Waals surface area contributed by atoms with E-state index in [0.29, 0.717) is 23.3 Å². The number of amides is 1. The molecule has 3 aromatic rings. The van der Waals surface area contributed by atoms with Crippen molar-refractivity contribution in [3.63, 3.8) is 0 Å². The van der Waals surface area contributed by atoms with E-state index in [1.807, 2.05) is 101 Å². The molecule has 0 spiro atoms. The van der Waals surface area contributed by atoms with Gasteiger partial charge in [0.2, 0.25) is 0 Å². The third kappa shape index (κ3) is 7.05. The fraction of sp³-hybridized carbons (Fsp3) is 0.250. The van der Waals surface area contributed by atoms with Gasteiger partial charge < -0.3 is 14.5 Å². The molecule has 1 fully saturated rings. The van der Waals surface area contributed by atoms with Crippen LogP contribution in [0.15, 0.2) is 83.9 Å². The van der Waals surface area contributed by atoms with E-state index in [1.165, 1.54) is 0 Å². The van der Waals surface area contributed by atoms with Gasteiger partial charge in [-0.25, -0.2) is 0 Å². The number of piperidine rings is 1. The van der Waals surface area contributed by atoms with Crippen molar-refractivity contribution >= 4 is 23.8 Å². The lowest BCUT2D eigenvalue weighted by molar-refractivity contribution is -0.113. The Labute approximate surface area is 219 Å². The Kier molecular flexibility index (Phi) is 8.36. The van der Waals surface area contributed by atoms with Crippen LogP contribution >= 0.6 is 0 Å². The first-order valence-electron chi connectivity index (χ1n) is 12.5. The Bertz CT molecular complexity index is 1230. The van der Waals surface area contributed by atoms with Crippen LogP contribution in [0.5, 0.6) is 5.75 Å². The summed E-state index contributed by atoms with van der Waals surface area (Å²) in [5.74, 6) is 0.596. The molecule has 5 nitrogen and oxygen atoms in total. The maximum Gasteiger partial charge on any atom is 0.254 e. The fourth-order valence-electron chi connectivity index (χ4n) is 4.13. The number of carbonyl (C=O) groups excluding carboxylic acids is 2. The molecule has 0 aliphatic carbocycles. The summed E-state index contributed by atoms with van der Waals surface area (Å²) in [6, 6.07) is 23.3. The zero-order chi connectivity index (χ0) is 26.4. The molecule has 1 heterocycles. The van der Waals surface area contributed by atoms with E-state index in [-0.39, 0.29) is 24.8 Å². The van der Waals surface area contributed by atoms with E-state index >= 15 is 0 Å². The molecule has 1 saturated heterocycles. The van der Waals surface area contributed by atoms with Crippen LogP contribution < -0.4 is 4.74 Å². The summed E-state index contributed by atoms with van der Waals surface area (Å²) in [6.45, 7) is 5.98. The molecule has 3 aromatic carbocycles. The Morgan fingerprint density at radius 3 is 1.76 bits per heavy atom. The molecule has 190 valence electrons. The van der Waals surface area contributed by atoms with Crippen molar-refractivity contribution < 1.29 is 14.3 Å². The van der Waals surface area contributed by atoms with Gasteiger partial charge in [0, 0.05) is 23.3 Å². The summed E-state index contributed by atoms with van der Waals surface area (Å²) < 4.78 is 5.77. The fourth-order valence-corrected chi connectivity index (χ4v) is 4.13. The molecule has 1 amide bonds. The number of aryl methyl sites for hydroxylation is 2. The van der Waals surface area contributed by atoms with Gasteiger partial charge in [-0.2, -0.15) is 0 Å². The van der Waals surface area contributed by atoms with Crippen LogP contribution in [0.4, 0.5) is 0 Å². The molecule has 0 aromatic heterocycles. The minimum absolute atomic E-state index is 0.0187. The van der Waals surface area contributed by atoms with Crippen molar-refractivity contribution in [2.45, 2.75) is 13.8 Å². The summed E-state index contributed by atoms with van der Waals surface area (Å²) in [7, 11) is 4.00. The van der Waals surface area contributed by atoms with Crippen LogP contribution in [0.2, 0.25) is 0 Å². The average Bonchev–Trinajstić information content (AvgIpc) is 2.88. The SMILES string of the molecule is Cc1ccc(/C=C2/CN(C(=O)c3ccc(OCCN(C)C)cc3)C/C(=C\c3ccc(C)cc3)C2=O)cc1. The number of nitrogens with zero attached hydrogens (tertiary/aromatic N) is 2. The number of hydrogen-bond acceptors (Lipinski definition) is 4. The molecular weight excluding hydrogens is 460 g/mol. The predicted molar refractivity (Wildman–Crippen MR) is 150 cm³/mol. The van der Waals surface area contributed by atoms with Gasteiger partial charge in [0.05, 0.1) is 13.1 Å². The molecule has 1 aliphatic rings. The van der Waals surface area contributed by atoms with Crippen molar-refractivity contribution in [2.24, 2.45) is 0 Å². The van der Waals surface area contributed by atoms with Crippen LogP contribution in [0, 0.1) is 13.8 Å². The van der Waals surface area contributed by atoms with Gasteiger partial charge in [-0.3, -0.25) is 9.59 Å². The summed E-state index contributed by atoms with van der Waals surface area (Å²) >= 11 is 0. The van der Waals surface area contributed by atoms with Crippen molar-refractivity contribution in [1.29, 1.82) is 0 Å². The molecule has 4 rings (SSSR count). The lowest BCUT2D eigenvalue weighted by Gasteiger charge is -2.30. The van der Waals surface area contributed by atoms with Crippen LogP contribution in [0.1, 0.15) is 32.6 Å². The molecule has 0 unspecified atom stereocenters. The number of likely N-dealkylation sites (tertiary alicyclic amines) is 1. The highest BCUT2D eigenvalue weighted by Crippen LogP contribution is 2.24. The number of rotatable bonds is 7. The van der Waals surface area contributed by atoms with Gasteiger partial charge in [-0.05, 0) is 75.5 Å². The Morgan fingerprint density at radius 1 is 0.811 bits per heavy atom. The molecule has 0 saturated carbocycles. The minimum atomic E-state index is -0.114. The lowest BCUT2D eigenvalue weighted by Crippen LogP contribution is -2.41. The second kappa shape index (κ2) is 11.8. The van der Waals surface area contributed by atoms with Crippen molar-refractivity contribution in [3.05, 3.63) is 112 Å². The van der Waals surface area contributed by atoms with Gasteiger partial charge in [0.25, 0.3) is 5.91 Å². The highest BCUT2D eigenvalue weighted by molar-refractivity contribution is 6.15. The minimum Gasteiger partial charge on any atom is -0.492 e. The first-order chi connectivity index (χ1) is 17.8. The molecule has 37 heavy (non-hydrogen) atoms. The van der Waals surface area contributed by atoms with E-state index in [0.717, 1.165) is 34.5 Å². The largest absolute Gasteiger partial charge is 0.492 e. The van der Waals surface area contributed by atoms with E-state index in [4.69, 9.17) is 4.74 Å². The monoisotopic (exact) mass is 494 g/mol. The van der Waals surface area contributed by atoms with Gasteiger partial charge in [0.15, 0.2) is 5.78 Å². The number of ketones is 1. The summed E-state index contributed by atoms with van der Waals surface area (Å²) in [5.41, 5.74) is 5.97. The molecule has 0 radical (unpaired) electrons. The number of Topliss-reactive ketones (excluding diaryl/α,β-unsaturated/α-hetero) is 1. The van der Waals surface area contributed by atoms with Crippen LogP contribution in [-0.2, 0) is 4.79 Å². The molecule has 0 N–H and O–H groups in total. The van der Waals surface area contributed by atoms with Crippen LogP contribution in [0.3, 0.4) is 0 Å². The van der Waals surface area contributed by atoms with E-state index in [2.05, 4.69) is 4.90 Å². The highest BCUT2D eigenvalue weighted by Gasteiger charge is 2.29. The lowest BCUT2D eigenvalue weighted by atomic mass is 9.93. The van der Waals surface area contributed by atoms with Crippen molar-refractivity contribution in [1.82, 2.24) is 9.80 Å². The zero-order valence-corrected chi connectivity index (χ0v) is 22.0. The van der Waals surface area contributed by atoms with Crippen LogP contribution in [0.25, 0.3) is 12.2 Å². The maximum absolute atomic E-state index is 13.5. The number of benzene rings is 3. The normalized spacial score (nSPS) is 16.0. The van der Waals surface area contributed by atoms with Gasteiger partial charge >= 0.3 is 0 Å². The second-order valence-corrected chi connectivity index (χ2v) is 9.83. The zero-order valence-electron chi connectivity index (χ0n) is 22.0. The molecular formula is C32H34N2O3. The molecule has 1 aliphatic heterocycles. The molecule has 5 heteroatoms. The number of carbonyl (C=O) groups is 2. The van der Waals surface area contributed by atoms with Crippen molar-refractivity contribution in [3.8, 4) is 5.75 Å². The quantitative estimate of drug-likeness (QED) is 0.411. The number of ether oxygens (including phenoxy) is 1. The van der Waals surface area contributed by atoms with E-state index in [9.17, 15) is 9.59 Å². The molecule has 0 atom stereocenters. The highest BCUT2D eigenvalue weighted by atomic mass is 16.5. The second-order valence-electron chi connectivity index (χ2n) is 9.83. The number of hydrogen-bond donors (Lipinski definition) is 0. The Morgan fingerprint density at radius 2 is 1.30 bits per heavy atom. The van der Waals surface area contributed by atoms with E-state index in [1.54, 1.807) is 17.0 Å². The maximum atomic E-state index is 13.5. The summed E-state index contributed by atoms with van der Waals surface area (Å²) in [5, 5.41) is 0. The molecule has 0 bridgehead atoms. The first kappa shape index (κ1) is 26.1. The topological polar surface area (TPSA) is 49.9 Å². The summed E-state index contributed by atoms with van der Waals surface area (Å²) in [4.78, 5) is 30.8. The average molecular weight is 495 g/mol. The standard InChI is InChI=1S/C32H34N2O3/c1-23-5-9-25(10-6-23)19-28-21-34(22-29(31(28)35)20-26-11-7-24(2)8-12-26)32(36)27-13-15-30(16-14-27)37-18-17-33(3)4/h5-16,19-20H,17-18,21-22H2,1-4H3/b28-19-,29-20+. The Balaban J connectivity index is 1.60. The number of likely N-dealkylation sites (N-methyl/N-ethyl adjacent to an activating group) is 1. The van der Waals surface area contributed by atoms with Gasteiger partial charge in [-0.1, -0.05) is 59.7 Å². The summed E-state index contributed by atoms with van der Waals surface area (Å²) in [6.07, 6.45) is 3.79. The smallest absolute Gasteiger partial charge is 0.254 e. The van der Waals surface area contributed by atoms with Gasteiger partial charge in [-0.15, -0.1) is 0 Å².